The SMILES string of the molecule is COc1ccc([C@H]2Nn3c(C)nnc3S[C@@H]2C(=O)Nc2ccccc2OC)cc1. The van der Waals surface area contributed by atoms with Crippen LogP contribution in [-0.2, 0) is 4.79 Å². The van der Waals surface area contributed by atoms with Gasteiger partial charge in [0.2, 0.25) is 11.1 Å². The molecular weight excluding hydrogens is 390 g/mol. The minimum absolute atomic E-state index is 0.153. The molecule has 1 aliphatic heterocycles. The number of carbonyl (C=O) groups is 1. The van der Waals surface area contributed by atoms with E-state index in [1.807, 2.05) is 60.1 Å². The summed E-state index contributed by atoms with van der Waals surface area (Å²) < 4.78 is 12.4. The first-order valence-corrected chi connectivity index (χ1v) is 9.91. The van der Waals surface area contributed by atoms with Gasteiger partial charge in [-0.15, -0.1) is 10.2 Å². The molecule has 1 aliphatic rings. The zero-order valence-electron chi connectivity index (χ0n) is 16.2. The fourth-order valence-corrected chi connectivity index (χ4v) is 4.30. The van der Waals surface area contributed by atoms with Crippen molar-refractivity contribution in [2.75, 3.05) is 25.0 Å². The van der Waals surface area contributed by atoms with Crippen LogP contribution in [0.2, 0.25) is 0 Å². The molecule has 3 aromatic rings. The number of hydrogen-bond acceptors (Lipinski definition) is 7. The fourth-order valence-electron chi connectivity index (χ4n) is 3.17. The number of fused-ring (bicyclic) bond motifs is 1. The van der Waals surface area contributed by atoms with E-state index in [-0.39, 0.29) is 11.9 Å². The van der Waals surface area contributed by atoms with E-state index in [9.17, 15) is 4.79 Å². The topological polar surface area (TPSA) is 90.3 Å². The zero-order chi connectivity index (χ0) is 20.4. The largest absolute Gasteiger partial charge is 0.497 e. The van der Waals surface area contributed by atoms with Gasteiger partial charge in [0.15, 0.2) is 0 Å². The van der Waals surface area contributed by atoms with Crippen molar-refractivity contribution in [3.05, 3.63) is 59.9 Å². The van der Waals surface area contributed by atoms with E-state index in [4.69, 9.17) is 9.47 Å². The highest BCUT2D eigenvalue weighted by molar-refractivity contribution is 8.00. The van der Waals surface area contributed by atoms with E-state index in [1.165, 1.54) is 11.8 Å². The first-order valence-electron chi connectivity index (χ1n) is 9.03. The average Bonchev–Trinajstić information content (AvgIpc) is 3.13. The normalized spacial score (nSPS) is 17.8. The Labute approximate surface area is 172 Å². The Morgan fingerprint density at radius 2 is 1.86 bits per heavy atom. The highest BCUT2D eigenvalue weighted by Gasteiger charge is 2.37. The second-order valence-corrected chi connectivity index (χ2v) is 7.58. The van der Waals surface area contributed by atoms with Gasteiger partial charge in [-0.2, -0.15) is 0 Å². The van der Waals surface area contributed by atoms with Crippen LogP contribution < -0.4 is 20.2 Å². The maximum absolute atomic E-state index is 13.2. The summed E-state index contributed by atoms with van der Waals surface area (Å²) in [4.78, 5) is 13.2. The molecule has 2 aromatic carbocycles. The molecule has 1 aromatic heterocycles. The molecule has 0 aliphatic carbocycles. The predicted octanol–water partition coefficient (Wildman–Crippen LogP) is 3.00. The lowest BCUT2D eigenvalue weighted by Gasteiger charge is -2.32. The van der Waals surface area contributed by atoms with Crippen LogP contribution in [0.5, 0.6) is 11.5 Å². The number of rotatable bonds is 5. The van der Waals surface area contributed by atoms with Gasteiger partial charge in [-0.05, 0) is 36.8 Å². The summed E-state index contributed by atoms with van der Waals surface area (Å²) >= 11 is 1.37. The van der Waals surface area contributed by atoms with Crippen molar-refractivity contribution in [3.8, 4) is 11.5 Å². The molecule has 0 unspecified atom stereocenters. The highest BCUT2D eigenvalue weighted by atomic mass is 32.2. The monoisotopic (exact) mass is 411 g/mol. The summed E-state index contributed by atoms with van der Waals surface area (Å²) in [6, 6.07) is 14.7. The number of carbonyl (C=O) groups excluding carboxylic acids is 1. The molecule has 0 saturated carbocycles. The number of hydrogen-bond donors (Lipinski definition) is 2. The predicted molar refractivity (Wildman–Crippen MR) is 111 cm³/mol. The van der Waals surface area contributed by atoms with Gasteiger partial charge in [0.05, 0.1) is 25.9 Å². The van der Waals surface area contributed by atoms with E-state index in [0.717, 1.165) is 17.1 Å². The molecular formula is C20H21N5O3S. The Hall–Kier alpha value is -3.20. The van der Waals surface area contributed by atoms with Gasteiger partial charge < -0.3 is 20.2 Å². The number of nitrogens with one attached hydrogen (secondary N) is 2. The van der Waals surface area contributed by atoms with Crippen LogP contribution in [0.4, 0.5) is 5.69 Å². The van der Waals surface area contributed by atoms with E-state index in [1.54, 1.807) is 14.2 Å². The van der Waals surface area contributed by atoms with E-state index in [2.05, 4.69) is 20.9 Å². The van der Waals surface area contributed by atoms with Crippen molar-refractivity contribution in [1.29, 1.82) is 0 Å². The van der Waals surface area contributed by atoms with Gasteiger partial charge in [-0.1, -0.05) is 36.0 Å². The van der Waals surface area contributed by atoms with E-state index < -0.39 is 5.25 Å². The second kappa shape index (κ2) is 8.04. The first-order chi connectivity index (χ1) is 14.1. The molecule has 2 heterocycles. The number of benzene rings is 2. The number of nitrogens with zero attached hydrogens (tertiary/aromatic N) is 3. The van der Waals surface area contributed by atoms with Crippen molar-refractivity contribution in [2.24, 2.45) is 0 Å². The van der Waals surface area contributed by atoms with Gasteiger partial charge in [0.1, 0.15) is 22.6 Å². The van der Waals surface area contributed by atoms with Crippen molar-refractivity contribution in [2.45, 2.75) is 23.4 Å². The standard InChI is InChI=1S/C20H21N5O3S/c1-12-22-23-20-25(12)24-17(13-8-10-14(27-2)11-9-13)18(29-20)19(26)21-15-6-4-5-7-16(15)28-3/h4-11,17-18,24H,1-3H3,(H,21,26)/t17-,18+/m1/s1. The third-order valence-electron chi connectivity index (χ3n) is 4.70. The number of thioether (sulfide) groups is 1. The second-order valence-electron chi connectivity index (χ2n) is 6.47. The minimum atomic E-state index is -0.468. The lowest BCUT2D eigenvalue weighted by atomic mass is 10.0. The highest BCUT2D eigenvalue weighted by Crippen LogP contribution is 2.38. The lowest BCUT2D eigenvalue weighted by molar-refractivity contribution is -0.116. The first kappa shape index (κ1) is 19.1. The number of anilines is 1. The fraction of sp³-hybridized carbons (Fsp3) is 0.250. The van der Waals surface area contributed by atoms with E-state index in [0.29, 0.717) is 16.6 Å². The Balaban J connectivity index is 1.66. The Morgan fingerprint density at radius 3 is 2.59 bits per heavy atom. The average molecular weight is 411 g/mol. The van der Waals surface area contributed by atoms with Crippen LogP contribution in [0.25, 0.3) is 0 Å². The molecule has 9 heteroatoms. The molecule has 1 amide bonds. The summed E-state index contributed by atoms with van der Waals surface area (Å²) in [7, 11) is 3.20. The molecule has 0 radical (unpaired) electrons. The molecule has 29 heavy (non-hydrogen) atoms. The van der Waals surface area contributed by atoms with Gasteiger partial charge >= 0.3 is 0 Å². The maximum Gasteiger partial charge on any atom is 0.240 e. The Bertz CT molecular complexity index is 1020. The van der Waals surface area contributed by atoms with Crippen molar-refractivity contribution in [3.63, 3.8) is 0 Å². The number of ether oxygens (including phenoxy) is 2. The quantitative estimate of drug-likeness (QED) is 0.667. The molecule has 0 bridgehead atoms. The molecule has 150 valence electrons. The van der Waals surface area contributed by atoms with Crippen LogP contribution >= 0.6 is 11.8 Å². The lowest BCUT2D eigenvalue weighted by Crippen LogP contribution is -2.41. The smallest absolute Gasteiger partial charge is 0.240 e. The number of aryl methyl sites for hydroxylation is 1. The summed E-state index contributed by atoms with van der Waals surface area (Å²) in [5.41, 5.74) is 4.96. The minimum Gasteiger partial charge on any atom is -0.497 e. The Kier molecular flexibility index (Phi) is 5.30. The third kappa shape index (κ3) is 3.73. The van der Waals surface area contributed by atoms with Crippen molar-refractivity contribution in [1.82, 2.24) is 14.9 Å². The summed E-state index contributed by atoms with van der Waals surface area (Å²) in [5, 5.41) is 11.5. The summed E-state index contributed by atoms with van der Waals surface area (Å²) in [6.45, 7) is 1.87. The van der Waals surface area contributed by atoms with Crippen LogP contribution in [0.3, 0.4) is 0 Å². The van der Waals surface area contributed by atoms with Crippen molar-refractivity contribution >= 4 is 23.4 Å². The summed E-state index contributed by atoms with van der Waals surface area (Å²) in [5.74, 6) is 1.94. The van der Waals surface area contributed by atoms with E-state index >= 15 is 0 Å². The van der Waals surface area contributed by atoms with Crippen LogP contribution in [0, 0.1) is 6.92 Å². The molecule has 4 rings (SSSR count). The molecule has 8 nitrogen and oxygen atoms in total. The van der Waals surface area contributed by atoms with Crippen LogP contribution in [0.1, 0.15) is 17.4 Å². The molecule has 0 spiro atoms. The van der Waals surface area contributed by atoms with Crippen LogP contribution in [-0.4, -0.2) is 40.3 Å². The van der Waals surface area contributed by atoms with Crippen LogP contribution in [0.15, 0.2) is 53.7 Å². The number of amides is 1. The van der Waals surface area contributed by atoms with Gasteiger partial charge in [-0.3, -0.25) is 4.79 Å². The van der Waals surface area contributed by atoms with Gasteiger partial charge in [0, 0.05) is 0 Å². The molecule has 2 atom stereocenters. The number of aromatic nitrogens is 3. The summed E-state index contributed by atoms with van der Waals surface area (Å²) in [6.07, 6.45) is 0. The molecule has 0 fully saturated rings. The third-order valence-corrected chi connectivity index (χ3v) is 5.91. The number of methoxy groups -OCH3 is 2. The zero-order valence-corrected chi connectivity index (χ0v) is 17.1. The maximum atomic E-state index is 13.2. The van der Waals surface area contributed by atoms with Crippen molar-refractivity contribution < 1.29 is 14.3 Å². The van der Waals surface area contributed by atoms with Gasteiger partial charge in [0.25, 0.3) is 0 Å². The van der Waals surface area contributed by atoms with Gasteiger partial charge in [-0.25, -0.2) is 4.68 Å². The Morgan fingerprint density at radius 1 is 1.10 bits per heavy atom. The number of para-hydroxylation sites is 2. The molecule has 0 saturated heterocycles. The molecule has 2 N–H and O–H groups in total.